The van der Waals surface area contributed by atoms with Crippen molar-refractivity contribution in [3.63, 3.8) is 0 Å². The van der Waals surface area contributed by atoms with Gasteiger partial charge in [0.1, 0.15) is 5.75 Å². The van der Waals surface area contributed by atoms with Crippen LogP contribution in [-0.2, 0) is 0 Å². The van der Waals surface area contributed by atoms with Gasteiger partial charge in [-0.3, -0.25) is 4.98 Å². The van der Waals surface area contributed by atoms with E-state index < -0.39 is 0 Å². The minimum Gasteiger partial charge on any atom is -0.489 e. The molecule has 0 unspecified atom stereocenters. The maximum atomic E-state index is 5.98. The number of pyridine rings is 1. The number of hydrogen-bond donors (Lipinski definition) is 1. The molecule has 1 aliphatic carbocycles. The Morgan fingerprint density at radius 3 is 2.50 bits per heavy atom. The van der Waals surface area contributed by atoms with Crippen LogP contribution in [0.4, 0.5) is 0 Å². The van der Waals surface area contributed by atoms with Crippen molar-refractivity contribution >= 4 is 0 Å². The van der Waals surface area contributed by atoms with Crippen molar-refractivity contribution in [3.05, 3.63) is 24.0 Å². The lowest BCUT2D eigenvalue weighted by molar-refractivity contribution is 0.0984. The van der Waals surface area contributed by atoms with E-state index in [1.807, 2.05) is 19.1 Å². The van der Waals surface area contributed by atoms with Crippen LogP contribution in [0.15, 0.2) is 18.3 Å². The third-order valence-electron chi connectivity index (χ3n) is 3.81. The summed E-state index contributed by atoms with van der Waals surface area (Å²) in [5, 5.41) is 0. The highest BCUT2D eigenvalue weighted by Gasteiger charge is 2.27. The van der Waals surface area contributed by atoms with Crippen LogP contribution < -0.4 is 10.5 Å². The van der Waals surface area contributed by atoms with Crippen LogP contribution in [0, 0.1) is 5.41 Å². The zero-order valence-electron chi connectivity index (χ0n) is 11.6. The minimum absolute atomic E-state index is 0.0190. The first kappa shape index (κ1) is 13.3. The second-order valence-electron chi connectivity index (χ2n) is 6.19. The number of rotatable bonds is 3. The molecule has 1 atom stereocenters. The molecule has 1 aromatic rings. The molecule has 0 amide bonds. The fourth-order valence-corrected chi connectivity index (χ4v) is 2.41. The maximum Gasteiger partial charge on any atom is 0.138 e. The van der Waals surface area contributed by atoms with E-state index in [-0.39, 0.29) is 6.04 Å². The monoisotopic (exact) mass is 248 g/mol. The Bertz CT molecular complexity index is 374. The lowest BCUT2D eigenvalue weighted by Crippen LogP contribution is -2.28. The van der Waals surface area contributed by atoms with Gasteiger partial charge >= 0.3 is 0 Å². The number of nitrogens with two attached hydrogens (primary N) is 1. The summed E-state index contributed by atoms with van der Waals surface area (Å²) in [7, 11) is 0. The third-order valence-corrected chi connectivity index (χ3v) is 3.81. The number of nitrogens with zero attached hydrogens (tertiary/aromatic N) is 1. The minimum atomic E-state index is -0.0190. The molecule has 0 bridgehead atoms. The highest BCUT2D eigenvalue weighted by atomic mass is 16.5. The van der Waals surface area contributed by atoms with Crippen molar-refractivity contribution in [1.29, 1.82) is 0 Å². The zero-order valence-corrected chi connectivity index (χ0v) is 11.6. The lowest BCUT2D eigenvalue weighted by atomic mass is 9.76. The molecular formula is C15H24N2O. The highest BCUT2D eigenvalue weighted by Crippen LogP contribution is 2.36. The SMILES string of the molecule is C[C@@H](N)c1ccc(OC2CCC(C)(C)CC2)cn1. The van der Waals surface area contributed by atoms with Crippen LogP contribution in [0.2, 0.25) is 0 Å². The van der Waals surface area contributed by atoms with Gasteiger partial charge in [0.15, 0.2) is 0 Å². The van der Waals surface area contributed by atoms with Gasteiger partial charge in [0, 0.05) is 6.04 Å². The van der Waals surface area contributed by atoms with E-state index in [2.05, 4.69) is 18.8 Å². The summed E-state index contributed by atoms with van der Waals surface area (Å²) < 4.78 is 5.98. The number of ether oxygens (including phenoxy) is 1. The van der Waals surface area contributed by atoms with Gasteiger partial charge in [-0.2, -0.15) is 0 Å². The average Bonchev–Trinajstić information content (AvgIpc) is 2.33. The van der Waals surface area contributed by atoms with Crippen LogP contribution in [-0.4, -0.2) is 11.1 Å². The van der Waals surface area contributed by atoms with Crippen LogP contribution in [0.25, 0.3) is 0 Å². The standard InChI is InChI=1S/C15H24N2O/c1-11(16)14-5-4-13(10-17-14)18-12-6-8-15(2,3)9-7-12/h4-5,10-12H,6-9,16H2,1-3H3/t11-/m1/s1. The van der Waals surface area contributed by atoms with Gasteiger partial charge in [-0.1, -0.05) is 13.8 Å². The van der Waals surface area contributed by atoms with Gasteiger partial charge in [-0.05, 0) is 50.2 Å². The molecule has 3 nitrogen and oxygen atoms in total. The van der Waals surface area contributed by atoms with Crippen molar-refractivity contribution in [2.75, 3.05) is 0 Å². The van der Waals surface area contributed by atoms with E-state index in [4.69, 9.17) is 10.5 Å². The van der Waals surface area contributed by atoms with Gasteiger partial charge in [-0.15, -0.1) is 0 Å². The van der Waals surface area contributed by atoms with Gasteiger partial charge < -0.3 is 10.5 Å². The van der Waals surface area contributed by atoms with Crippen molar-refractivity contribution in [2.24, 2.45) is 11.1 Å². The van der Waals surface area contributed by atoms with E-state index in [1.165, 1.54) is 12.8 Å². The Morgan fingerprint density at radius 2 is 2.00 bits per heavy atom. The van der Waals surface area contributed by atoms with Gasteiger partial charge in [0.2, 0.25) is 0 Å². The first-order valence-electron chi connectivity index (χ1n) is 6.84. The van der Waals surface area contributed by atoms with E-state index >= 15 is 0 Å². The summed E-state index contributed by atoms with van der Waals surface area (Å²) in [6, 6.07) is 3.91. The largest absolute Gasteiger partial charge is 0.489 e. The Morgan fingerprint density at radius 1 is 1.33 bits per heavy atom. The average molecular weight is 248 g/mol. The molecule has 0 radical (unpaired) electrons. The highest BCUT2D eigenvalue weighted by molar-refractivity contribution is 5.21. The summed E-state index contributed by atoms with van der Waals surface area (Å²) in [5.74, 6) is 0.865. The molecule has 0 saturated heterocycles. The van der Waals surface area contributed by atoms with Crippen LogP contribution >= 0.6 is 0 Å². The molecule has 1 aromatic heterocycles. The Labute approximate surface area is 110 Å². The van der Waals surface area contributed by atoms with Gasteiger partial charge in [0.05, 0.1) is 18.0 Å². The van der Waals surface area contributed by atoms with E-state index in [0.29, 0.717) is 11.5 Å². The smallest absolute Gasteiger partial charge is 0.138 e. The zero-order chi connectivity index (χ0) is 13.2. The van der Waals surface area contributed by atoms with Crippen LogP contribution in [0.3, 0.4) is 0 Å². The molecule has 0 spiro atoms. The number of hydrogen-bond acceptors (Lipinski definition) is 3. The van der Waals surface area contributed by atoms with E-state index in [9.17, 15) is 0 Å². The molecule has 3 heteroatoms. The van der Waals surface area contributed by atoms with E-state index in [0.717, 1.165) is 24.3 Å². The fourth-order valence-electron chi connectivity index (χ4n) is 2.41. The molecule has 1 aliphatic rings. The molecule has 18 heavy (non-hydrogen) atoms. The molecule has 1 saturated carbocycles. The molecule has 2 rings (SSSR count). The summed E-state index contributed by atoms with van der Waals surface area (Å²) in [6.07, 6.45) is 6.90. The van der Waals surface area contributed by atoms with Gasteiger partial charge in [0.25, 0.3) is 0 Å². The second kappa shape index (κ2) is 5.27. The third kappa shape index (κ3) is 3.45. The lowest BCUT2D eigenvalue weighted by Gasteiger charge is -2.34. The molecular weight excluding hydrogens is 224 g/mol. The van der Waals surface area contributed by atoms with Crippen molar-refractivity contribution < 1.29 is 4.74 Å². The van der Waals surface area contributed by atoms with Crippen LogP contribution in [0.5, 0.6) is 5.75 Å². The molecule has 1 heterocycles. The predicted molar refractivity (Wildman–Crippen MR) is 73.5 cm³/mol. The first-order valence-corrected chi connectivity index (χ1v) is 6.84. The van der Waals surface area contributed by atoms with Crippen molar-refractivity contribution in [1.82, 2.24) is 4.98 Å². The molecule has 2 N–H and O–H groups in total. The molecule has 0 aromatic carbocycles. The second-order valence-corrected chi connectivity index (χ2v) is 6.19. The Hall–Kier alpha value is -1.09. The topological polar surface area (TPSA) is 48.1 Å². The van der Waals surface area contributed by atoms with Crippen molar-refractivity contribution in [2.45, 2.75) is 58.6 Å². The van der Waals surface area contributed by atoms with Crippen LogP contribution in [0.1, 0.15) is 58.2 Å². The first-order chi connectivity index (χ1) is 8.46. The van der Waals surface area contributed by atoms with E-state index in [1.54, 1.807) is 6.20 Å². The maximum absolute atomic E-state index is 5.98. The Balaban J connectivity index is 1.90. The summed E-state index contributed by atoms with van der Waals surface area (Å²) in [5.41, 5.74) is 7.17. The Kier molecular flexibility index (Phi) is 3.91. The number of aromatic nitrogens is 1. The predicted octanol–water partition coefficient (Wildman–Crippen LogP) is 3.45. The fraction of sp³-hybridized carbons (Fsp3) is 0.667. The normalized spacial score (nSPS) is 21.6. The summed E-state index contributed by atoms with van der Waals surface area (Å²) >= 11 is 0. The molecule has 1 fully saturated rings. The molecule has 100 valence electrons. The van der Waals surface area contributed by atoms with Crippen molar-refractivity contribution in [3.8, 4) is 5.75 Å². The quantitative estimate of drug-likeness (QED) is 0.891. The molecule has 0 aliphatic heterocycles. The summed E-state index contributed by atoms with van der Waals surface area (Å²) in [6.45, 7) is 6.61. The van der Waals surface area contributed by atoms with Gasteiger partial charge in [-0.25, -0.2) is 0 Å². The summed E-state index contributed by atoms with van der Waals surface area (Å²) in [4.78, 5) is 4.32.